The van der Waals surface area contributed by atoms with Crippen molar-refractivity contribution >= 4 is 40.2 Å². The van der Waals surface area contributed by atoms with Crippen LogP contribution in [-0.2, 0) is 11.8 Å². The molecule has 0 aliphatic heterocycles. The van der Waals surface area contributed by atoms with Crippen LogP contribution in [0.2, 0.25) is 10.2 Å². The molecule has 0 saturated carbocycles. The fraction of sp³-hybridized carbons (Fsp3) is 0.200. The summed E-state index contributed by atoms with van der Waals surface area (Å²) in [5.74, 6) is -0.715. The van der Waals surface area contributed by atoms with E-state index in [1.807, 2.05) is 0 Å². The van der Waals surface area contributed by atoms with Gasteiger partial charge in [-0.15, -0.1) is 0 Å². The normalized spacial score (nSPS) is 11.0. The average molecular weight is 367 g/mol. The van der Waals surface area contributed by atoms with Crippen LogP contribution in [0.5, 0.6) is 0 Å². The molecule has 0 radical (unpaired) electrons. The minimum Gasteiger partial charge on any atom is -0.462 e. The van der Waals surface area contributed by atoms with Crippen molar-refractivity contribution in [2.24, 2.45) is 7.05 Å². The molecule has 3 rings (SSSR count). The van der Waals surface area contributed by atoms with E-state index in [4.69, 9.17) is 27.9 Å². The molecule has 0 amide bonds. The average Bonchev–Trinajstić information content (AvgIpc) is 2.96. The van der Waals surface area contributed by atoms with E-state index in [9.17, 15) is 9.59 Å². The third kappa shape index (κ3) is 2.76. The van der Waals surface area contributed by atoms with Crippen molar-refractivity contribution in [2.45, 2.75) is 6.92 Å². The molecular weight excluding hydrogens is 355 g/mol. The zero-order chi connectivity index (χ0) is 17.4. The monoisotopic (exact) mass is 366 g/mol. The summed E-state index contributed by atoms with van der Waals surface area (Å²) in [5, 5.41) is 4.44. The number of carbonyl (C=O) groups excluding carboxylic acids is 1. The molecule has 3 aromatic rings. The fourth-order valence-corrected chi connectivity index (χ4v) is 2.57. The maximum absolute atomic E-state index is 12.6. The SMILES string of the molecule is CCOC(=O)c1cn(-c2cnn(C)c2)c2nc(Cl)c(Cl)cc2c1=O. The molecule has 3 aromatic heterocycles. The van der Waals surface area contributed by atoms with Crippen molar-refractivity contribution in [3.05, 3.63) is 50.6 Å². The van der Waals surface area contributed by atoms with Gasteiger partial charge in [0.1, 0.15) is 16.4 Å². The fourth-order valence-electron chi connectivity index (χ4n) is 2.29. The lowest BCUT2D eigenvalue weighted by Crippen LogP contribution is -2.21. The van der Waals surface area contributed by atoms with E-state index in [1.165, 1.54) is 12.3 Å². The number of rotatable bonds is 3. The van der Waals surface area contributed by atoms with Gasteiger partial charge < -0.3 is 4.74 Å². The van der Waals surface area contributed by atoms with Crippen LogP contribution in [0.25, 0.3) is 16.7 Å². The zero-order valence-corrected chi connectivity index (χ0v) is 14.3. The number of ether oxygens (including phenoxy) is 1. The number of esters is 1. The number of aromatic nitrogens is 4. The highest BCUT2D eigenvalue weighted by molar-refractivity contribution is 6.41. The van der Waals surface area contributed by atoms with Gasteiger partial charge in [0.25, 0.3) is 0 Å². The second-order valence-corrected chi connectivity index (χ2v) is 5.73. The number of carbonyl (C=O) groups is 1. The van der Waals surface area contributed by atoms with Gasteiger partial charge in [-0.3, -0.25) is 14.0 Å². The molecule has 0 bridgehead atoms. The van der Waals surface area contributed by atoms with E-state index in [0.717, 1.165) is 0 Å². The summed E-state index contributed by atoms with van der Waals surface area (Å²) in [6.45, 7) is 1.82. The molecule has 0 saturated heterocycles. The van der Waals surface area contributed by atoms with E-state index >= 15 is 0 Å². The van der Waals surface area contributed by atoms with Crippen LogP contribution in [-0.4, -0.2) is 31.9 Å². The lowest BCUT2D eigenvalue weighted by atomic mass is 10.2. The Bertz CT molecular complexity index is 1010. The van der Waals surface area contributed by atoms with Crippen LogP contribution < -0.4 is 5.43 Å². The first kappa shape index (κ1) is 16.5. The summed E-state index contributed by atoms with van der Waals surface area (Å²) < 4.78 is 8.09. The molecule has 9 heteroatoms. The Hall–Kier alpha value is -2.38. The Morgan fingerprint density at radius 1 is 1.33 bits per heavy atom. The number of hydrogen-bond acceptors (Lipinski definition) is 5. The Morgan fingerprint density at radius 3 is 2.71 bits per heavy atom. The summed E-state index contributed by atoms with van der Waals surface area (Å²) in [6.07, 6.45) is 4.66. The van der Waals surface area contributed by atoms with Crippen molar-refractivity contribution in [1.29, 1.82) is 0 Å². The third-order valence-corrected chi connectivity index (χ3v) is 4.03. The quantitative estimate of drug-likeness (QED) is 0.525. The van der Waals surface area contributed by atoms with Crippen LogP contribution in [0.3, 0.4) is 0 Å². The number of pyridine rings is 2. The topological polar surface area (TPSA) is 79.0 Å². The molecule has 0 spiro atoms. The standard InChI is InChI=1S/C15H12Cl2N4O3/c1-3-24-15(23)10-7-21(8-5-18-20(2)6-8)14-9(12(10)22)4-11(16)13(17)19-14/h4-7H,3H2,1-2H3. The summed E-state index contributed by atoms with van der Waals surface area (Å²) in [5.41, 5.74) is 0.248. The lowest BCUT2D eigenvalue weighted by Gasteiger charge is -2.11. The highest BCUT2D eigenvalue weighted by Crippen LogP contribution is 2.25. The molecule has 0 fully saturated rings. The van der Waals surface area contributed by atoms with Crippen molar-refractivity contribution in [2.75, 3.05) is 6.61 Å². The number of fused-ring (bicyclic) bond motifs is 1. The molecule has 0 aliphatic carbocycles. The van der Waals surface area contributed by atoms with Crippen LogP contribution in [0.15, 0.2) is 29.5 Å². The van der Waals surface area contributed by atoms with E-state index in [1.54, 1.807) is 35.6 Å². The van der Waals surface area contributed by atoms with Gasteiger partial charge in [-0.2, -0.15) is 5.10 Å². The van der Waals surface area contributed by atoms with Crippen molar-refractivity contribution < 1.29 is 9.53 Å². The molecule has 124 valence electrons. The predicted octanol–water partition coefficient (Wildman–Crippen LogP) is 2.60. The largest absolute Gasteiger partial charge is 0.462 e. The van der Waals surface area contributed by atoms with Gasteiger partial charge in [-0.1, -0.05) is 23.2 Å². The number of hydrogen-bond donors (Lipinski definition) is 0. The first-order valence-corrected chi connectivity index (χ1v) is 7.75. The van der Waals surface area contributed by atoms with Crippen LogP contribution in [0.4, 0.5) is 0 Å². The van der Waals surface area contributed by atoms with E-state index in [0.29, 0.717) is 5.69 Å². The molecule has 24 heavy (non-hydrogen) atoms. The number of nitrogens with zero attached hydrogens (tertiary/aromatic N) is 4. The summed E-state index contributed by atoms with van der Waals surface area (Å²) in [7, 11) is 1.75. The molecular formula is C15H12Cl2N4O3. The first-order valence-electron chi connectivity index (χ1n) is 7.00. The highest BCUT2D eigenvalue weighted by Gasteiger charge is 2.19. The van der Waals surface area contributed by atoms with Gasteiger partial charge >= 0.3 is 5.97 Å². The molecule has 0 N–H and O–H groups in total. The van der Waals surface area contributed by atoms with Crippen LogP contribution in [0.1, 0.15) is 17.3 Å². The minimum absolute atomic E-state index is 0.0603. The van der Waals surface area contributed by atoms with E-state index < -0.39 is 11.4 Å². The van der Waals surface area contributed by atoms with E-state index in [2.05, 4.69) is 10.1 Å². The molecule has 0 atom stereocenters. The lowest BCUT2D eigenvalue weighted by molar-refractivity contribution is 0.0524. The zero-order valence-electron chi connectivity index (χ0n) is 12.8. The van der Waals surface area contributed by atoms with E-state index in [-0.39, 0.29) is 33.4 Å². The molecule has 0 aromatic carbocycles. The Morgan fingerprint density at radius 2 is 2.08 bits per heavy atom. The predicted molar refractivity (Wildman–Crippen MR) is 90.1 cm³/mol. The van der Waals surface area contributed by atoms with Gasteiger partial charge in [0.2, 0.25) is 5.43 Å². The Kier molecular flexibility index (Phi) is 4.29. The minimum atomic E-state index is -0.715. The smallest absolute Gasteiger partial charge is 0.343 e. The number of aryl methyl sites for hydroxylation is 1. The van der Waals surface area contributed by atoms with Crippen molar-refractivity contribution in [1.82, 2.24) is 19.3 Å². The second kappa shape index (κ2) is 6.26. The van der Waals surface area contributed by atoms with Crippen molar-refractivity contribution in [3.63, 3.8) is 0 Å². The Balaban J connectivity index is 2.40. The van der Waals surface area contributed by atoms with Gasteiger partial charge in [0, 0.05) is 19.4 Å². The van der Waals surface area contributed by atoms with Gasteiger partial charge in [-0.05, 0) is 13.0 Å². The summed E-state index contributed by atoms with van der Waals surface area (Å²) in [4.78, 5) is 28.9. The first-order chi connectivity index (χ1) is 11.4. The van der Waals surface area contributed by atoms with Gasteiger partial charge in [0.05, 0.1) is 28.9 Å². The third-order valence-electron chi connectivity index (χ3n) is 3.35. The molecule has 7 nitrogen and oxygen atoms in total. The van der Waals surface area contributed by atoms with Crippen molar-refractivity contribution in [3.8, 4) is 5.69 Å². The molecule has 3 heterocycles. The second-order valence-electron chi connectivity index (χ2n) is 4.97. The maximum atomic E-state index is 12.6. The Labute approximate surface area is 146 Å². The number of halogens is 2. The van der Waals surface area contributed by atoms with Gasteiger partial charge in [-0.25, -0.2) is 9.78 Å². The molecule has 0 unspecified atom stereocenters. The van der Waals surface area contributed by atoms with Crippen LogP contribution >= 0.6 is 23.2 Å². The molecule has 0 aliphatic rings. The van der Waals surface area contributed by atoms with Gasteiger partial charge in [0.15, 0.2) is 0 Å². The summed E-state index contributed by atoms with van der Waals surface area (Å²) in [6, 6.07) is 1.39. The van der Waals surface area contributed by atoms with Crippen LogP contribution in [0, 0.1) is 0 Å². The maximum Gasteiger partial charge on any atom is 0.343 e. The highest BCUT2D eigenvalue weighted by atomic mass is 35.5. The summed E-state index contributed by atoms with van der Waals surface area (Å²) >= 11 is 12.0.